The van der Waals surface area contributed by atoms with E-state index in [2.05, 4.69) is 20.3 Å². The van der Waals surface area contributed by atoms with E-state index in [0.717, 1.165) is 10.7 Å². The third kappa shape index (κ3) is 2.97. The number of aromatic nitrogens is 3. The Morgan fingerprint density at radius 3 is 3.12 bits per heavy atom. The summed E-state index contributed by atoms with van der Waals surface area (Å²) in [5.41, 5.74) is 0.736. The van der Waals surface area contributed by atoms with Crippen molar-refractivity contribution in [3.8, 4) is 15.8 Å². The molecule has 1 amide bonds. The zero-order valence-corrected chi connectivity index (χ0v) is 9.90. The molecule has 0 saturated heterocycles. The highest BCUT2D eigenvalue weighted by atomic mass is 32.1. The molecule has 17 heavy (non-hydrogen) atoms. The van der Waals surface area contributed by atoms with Crippen LogP contribution >= 0.6 is 11.3 Å². The fraction of sp³-hybridized carbons (Fsp3) is 0.200. The van der Waals surface area contributed by atoms with E-state index in [-0.39, 0.29) is 12.5 Å². The number of ether oxygens (including phenoxy) is 1. The van der Waals surface area contributed by atoms with Crippen LogP contribution in [0.4, 0.5) is 0 Å². The van der Waals surface area contributed by atoms with Gasteiger partial charge in [-0.1, -0.05) is 11.3 Å². The summed E-state index contributed by atoms with van der Waals surface area (Å²) < 4.78 is 5.26. The quantitative estimate of drug-likeness (QED) is 0.865. The summed E-state index contributed by atoms with van der Waals surface area (Å²) in [5, 5.41) is 3.79. The standard InChI is InChI=1S/C10H10N4O2S/c1-11-8(15)5-16-9-4-13-10(17-9)7-2-3-12-6-14-7/h2-4,6H,5H2,1H3,(H,11,15). The molecule has 0 radical (unpaired) electrons. The number of amides is 1. The highest BCUT2D eigenvalue weighted by molar-refractivity contribution is 7.16. The normalized spacial score (nSPS) is 9.94. The molecule has 0 unspecified atom stereocenters. The van der Waals surface area contributed by atoms with E-state index < -0.39 is 0 Å². The fourth-order valence-electron chi connectivity index (χ4n) is 1.07. The van der Waals surface area contributed by atoms with E-state index in [1.165, 1.54) is 17.7 Å². The predicted molar refractivity (Wildman–Crippen MR) is 62.7 cm³/mol. The van der Waals surface area contributed by atoms with Gasteiger partial charge in [-0.05, 0) is 6.07 Å². The SMILES string of the molecule is CNC(=O)COc1cnc(-c2ccncn2)s1. The minimum absolute atomic E-state index is 0.0120. The van der Waals surface area contributed by atoms with Crippen LogP contribution in [0.5, 0.6) is 5.06 Å². The number of nitrogens with one attached hydrogen (secondary N) is 1. The maximum Gasteiger partial charge on any atom is 0.257 e. The molecule has 0 aliphatic heterocycles. The first kappa shape index (κ1) is 11.5. The van der Waals surface area contributed by atoms with Crippen molar-refractivity contribution in [2.75, 3.05) is 13.7 Å². The highest BCUT2D eigenvalue weighted by Crippen LogP contribution is 2.28. The summed E-state index contributed by atoms with van der Waals surface area (Å²) in [5.74, 6) is -0.179. The number of carbonyl (C=O) groups is 1. The molecule has 0 aliphatic carbocycles. The molecule has 2 aromatic rings. The Kier molecular flexibility index (Phi) is 3.61. The van der Waals surface area contributed by atoms with Gasteiger partial charge in [0.05, 0.1) is 6.20 Å². The van der Waals surface area contributed by atoms with Crippen LogP contribution in [0.15, 0.2) is 24.8 Å². The van der Waals surface area contributed by atoms with E-state index in [1.54, 1.807) is 25.5 Å². The van der Waals surface area contributed by atoms with Crippen LogP contribution in [0.2, 0.25) is 0 Å². The van der Waals surface area contributed by atoms with E-state index >= 15 is 0 Å². The van der Waals surface area contributed by atoms with Gasteiger partial charge in [-0.25, -0.2) is 15.0 Å². The molecular formula is C10H10N4O2S. The molecule has 88 valence electrons. The Labute approximate surface area is 102 Å². The molecule has 6 nitrogen and oxygen atoms in total. The average Bonchev–Trinajstić information content (AvgIpc) is 2.86. The van der Waals surface area contributed by atoms with E-state index in [9.17, 15) is 4.79 Å². The molecule has 0 bridgehead atoms. The van der Waals surface area contributed by atoms with Gasteiger partial charge in [-0.3, -0.25) is 4.79 Å². The maximum absolute atomic E-state index is 11.0. The Hall–Kier alpha value is -2.02. The van der Waals surface area contributed by atoms with Crippen molar-refractivity contribution in [2.45, 2.75) is 0 Å². The Bertz CT molecular complexity index is 500. The Morgan fingerprint density at radius 1 is 1.53 bits per heavy atom. The largest absolute Gasteiger partial charge is 0.473 e. The summed E-state index contributed by atoms with van der Waals surface area (Å²) in [7, 11) is 1.56. The summed E-state index contributed by atoms with van der Waals surface area (Å²) in [6.07, 6.45) is 4.68. The van der Waals surface area contributed by atoms with Crippen molar-refractivity contribution in [3.63, 3.8) is 0 Å². The van der Waals surface area contributed by atoms with Gasteiger partial charge in [-0.2, -0.15) is 0 Å². The Morgan fingerprint density at radius 2 is 2.41 bits per heavy atom. The molecule has 0 fully saturated rings. The molecule has 0 atom stereocenters. The lowest BCUT2D eigenvalue weighted by Crippen LogP contribution is -2.24. The summed E-state index contributed by atoms with van der Waals surface area (Å²) in [4.78, 5) is 23.1. The smallest absolute Gasteiger partial charge is 0.257 e. The maximum atomic E-state index is 11.0. The topological polar surface area (TPSA) is 77.0 Å². The monoisotopic (exact) mass is 250 g/mol. The van der Waals surface area contributed by atoms with Crippen molar-refractivity contribution in [3.05, 3.63) is 24.8 Å². The van der Waals surface area contributed by atoms with Crippen molar-refractivity contribution in [1.82, 2.24) is 20.3 Å². The molecule has 2 aromatic heterocycles. The number of likely N-dealkylation sites (N-methyl/N-ethyl adjacent to an activating group) is 1. The summed E-state index contributed by atoms with van der Waals surface area (Å²) in [6.45, 7) is -0.0120. The number of thiazole rings is 1. The third-order valence-corrected chi connectivity index (χ3v) is 2.84. The number of hydrogen-bond acceptors (Lipinski definition) is 6. The van der Waals surface area contributed by atoms with Gasteiger partial charge in [0.25, 0.3) is 5.91 Å². The second-order valence-corrected chi connectivity index (χ2v) is 4.03. The molecule has 0 aromatic carbocycles. The fourth-order valence-corrected chi connectivity index (χ4v) is 1.82. The first-order valence-electron chi connectivity index (χ1n) is 4.85. The van der Waals surface area contributed by atoms with Gasteiger partial charge < -0.3 is 10.1 Å². The lowest BCUT2D eigenvalue weighted by Gasteiger charge is -2.00. The summed E-state index contributed by atoms with van der Waals surface area (Å²) in [6, 6.07) is 1.77. The van der Waals surface area contributed by atoms with Gasteiger partial charge in [-0.15, -0.1) is 0 Å². The van der Waals surface area contributed by atoms with Gasteiger partial charge in [0.2, 0.25) is 0 Å². The van der Waals surface area contributed by atoms with Crippen molar-refractivity contribution >= 4 is 17.2 Å². The molecule has 7 heteroatoms. The molecule has 0 spiro atoms. The van der Waals surface area contributed by atoms with Crippen LogP contribution in [0.3, 0.4) is 0 Å². The van der Waals surface area contributed by atoms with Crippen LogP contribution in [-0.4, -0.2) is 34.5 Å². The van der Waals surface area contributed by atoms with E-state index in [4.69, 9.17) is 4.74 Å². The number of rotatable bonds is 4. The summed E-state index contributed by atoms with van der Waals surface area (Å²) >= 11 is 1.33. The minimum Gasteiger partial charge on any atom is -0.473 e. The van der Waals surface area contributed by atoms with Crippen molar-refractivity contribution in [2.24, 2.45) is 0 Å². The minimum atomic E-state index is -0.179. The number of nitrogens with zero attached hydrogens (tertiary/aromatic N) is 3. The zero-order valence-electron chi connectivity index (χ0n) is 9.08. The highest BCUT2D eigenvalue weighted by Gasteiger charge is 2.07. The number of carbonyl (C=O) groups excluding carboxylic acids is 1. The average molecular weight is 250 g/mol. The Balaban J connectivity index is 2.04. The van der Waals surface area contributed by atoms with Crippen LogP contribution in [0, 0.1) is 0 Å². The predicted octanol–water partition coefficient (Wildman–Crippen LogP) is 0.725. The third-order valence-electron chi connectivity index (χ3n) is 1.91. The molecular weight excluding hydrogens is 240 g/mol. The zero-order chi connectivity index (χ0) is 12.1. The van der Waals surface area contributed by atoms with Crippen LogP contribution in [0.25, 0.3) is 10.7 Å². The molecule has 1 N–H and O–H groups in total. The van der Waals surface area contributed by atoms with Crippen molar-refractivity contribution < 1.29 is 9.53 Å². The van der Waals surface area contributed by atoms with Gasteiger partial charge in [0.15, 0.2) is 11.7 Å². The first-order chi connectivity index (χ1) is 8.29. The second-order valence-electron chi connectivity index (χ2n) is 3.04. The second kappa shape index (κ2) is 5.35. The molecule has 2 rings (SSSR count). The van der Waals surface area contributed by atoms with E-state index in [1.807, 2.05) is 0 Å². The van der Waals surface area contributed by atoms with E-state index in [0.29, 0.717) is 5.06 Å². The van der Waals surface area contributed by atoms with Crippen LogP contribution < -0.4 is 10.1 Å². The molecule has 0 aliphatic rings. The first-order valence-corrected chi connectivity index (χ1v) is 5.67. The number of hydrogen-bond donors (Lipinski definition) is 1. The lowest BCUT2D eigenvalue weighted by atomic mass is 10.4. The van der Waals surface area contributed by atoms with Gasteiger partial charge in [0, 0.05) is 13.2 Å². The van der Waals surface area contributed by atoms with Crippen molar-refractivity contribution in [1.29, 1.82) is 0 Å². The van der Waals surface area contributed by atoms with Gasteiger partial charge >= 0.3 is 0 Å². The van der Waals surface area contributed by atoms with Crippen LogP contribution in [-0.2, 0) is 4.79 Å². The van der Waals surface area contributed by atoms with Gasteiger partial charge in [0.1, 0.15) is 17.0 Å². The van der Waals surface area contributed by atoms with Crippen LogP contribution in [0.1, 0.15) is 0 Å². The lowest BCUT2D eigenvalue weighted by molar-refractivity contribution is -0.122. The molecule has 2 heterocycles. The molecule has 0 saturated carbocycles.